The summed E-state index contributed by atoms with van der Waals surface area (Å²) in [6.07, 6.45) is 0. The molecule has 13 heteroatoms. The van der Waals surface area contributed by atoms with Crippen LogP contribution in [-0.4, -0.2) is 36.1 Å². The average molecular weight is 974 g/mol. The van der Waals surface area contributed by atoms with Gasteiger partial charge in [0.05, 0.1) is 12.1 Å². The number of nitrogens with zero attached hydrogens (tertiary/aromatic N) is 4. The molecule has 0 spiro atoms. The zero-order valence-corrected chi connectivity index (χ0v) is 35.0. The van der Waals surface area contributed by atoms with Gasteiger partial charge in [0, 0.05) is 57.2 Å². The summed E-state index contributed by atoms with van der Waals surface area (Å²) in [6, 6.07) is 32.2. The monoisotopic (exact) mass is 971 g/mol. The van der Waals surface area contributed by atoms with E-state index in [1.165, 1.54) is 0 Å². The van der Waals surface area contributed by atoms with E-state index < -0.39 is 0 Å². The van der Waals surface area contributed by atoms with E-state index in [9.17, 15) is 0 Å². The van der Waals surface area contributed by atoms with Crippen LogP contribution in [0.1, 0.15) is 27.7 Å². The first-order valence-electron chi connectivity index (χ1n) is 16.6. The molecule has 0 saturated carbocycles. The Bertz CT molecular complexity index is 2380. The quantitative estimate of drug-likeness (QED) is 0.0793. The molecule has 8 nitrogen and oxygen atoms in total. The molecule has 8 rings (SSSR count). The van der Waals surface area contributed by atoms with Crippen LogP contribution in [0.3, 0.4) is 0 Å². The molecule has 0 radical (unpaired) electrons. The average Bonchev–Trinajstić information content (AvgIpc) is 3.12. The minimum absolute atomic E-state index is 0. The third-order valence-corrected chi connectivity index (χ3v) is 9.07. The van der Waals surface area contributed by atoms with E-state index in [-0.39, 0.29) is 70.7 Å². The van der Waals surface area contributed by atoms with Crippen molar-refractivity contribution in [2.45, 2.75) is 27.7 Å². The minimum Gasteiger partial charge on any atom is -1.00 e. The molecule has 0 unspecified atom stereocenters. The predicted molar refractivity (Wildman–Crippen MR) is 198 cm³/mol. The first kappa shape index (κ1) is 45.2. The van der Waals surface area contributed by atoms with E-state index in [0.717, 1.165) is 104 Å². The zero-order valence-electron chi connectivity index (χ0n) is 29.7. The van der Waals surface area contributed by atoms with Gasteiger partial charge >= 0.3 is 21.1 Å². The number of hydrogen-bond donors (Lipinski definition) is 2. The Balaban J connectivity index is 0.000000335. The van der Waals surface area contributed by atoms with Crippen molar-refractivity contribution in [2.24, 2.45) is 0 Å². The number of hydrogen-bond acceptors (Lipinski definition) is 6. The van der Waals surface area contributed by atoms with Crippen LogP contribution in [0.5, 0.6) is 0 Å². The van der Waals surface area contributed by atoms with Crippen molar-refractivity contribution in [1.82, 2.24) is 19.1 Å². The summed E-state index contributed by atoms with van der Waals surface area (Å²) in [4.78, 5) is 9.66. The predicted octanol–water partition coefficient (Wildman–Crippen LogP) is -5.03. The second-order valence-electron chi connectivity index (χ2n) is 11.8. The first-order valence-corrected chi connectivity index (χ1v) is 16.6. The Kier molecular flexibility index (Phi) is 16.6. The van der Waals surface area contributed by atoms with Crippen molar-refractivity contribution < 1.29 is 79.5 Å². The van der Waals surface area contributed by atoms with Gasteiger partial charge in [-0.25, -0.2) is 19.1 Å². The number of anilines is 2. The second kappa shape index (κ2) is 19.4. The molecule has 2 aliphatic carbocycles. The summed E-state index contributed by atoms with van der Waals surface area (Å²) < 4.78 is 16.9. The van der Waals surface area contributed by atoms with E-state index in [2.05, 4.69) is 61.1 Å². The van der Waals surface area contributed by atoms with Crippen LogP contribution in [0.2, 0.25) is 0 Å². The van der Waals surface area contributed by atoms with Crippen LogP contribution >= 0.6 is 0 Å². The van der Waals surface area contributed by atoms with Gasteiger partial charge in [-0.1, -0.05) is 48.5 Å². The maximum absolute atomic E-state index is 6.19. The van der Waals surface area contributed by atoms with Crippen molar-refractivity contribution in [3.05, 3.63) is 108 Å². The summed E-state index contributed by atoms with van der Waals surface area (Å²) in [5, 5.41) is 6.34. The van der Waals surface area contributed by atoms with Crippen LogP contribution in [-0.2, 0) is 21.1 Å². The Morgan fingerprint density at radius 3 is 1.17 bits per heavy atom. The van der Waals surface area contributed by atoms with Crippen LogP contribution in [0.4, 0.5) is 11.4 Å². The van der Waals surface area contributed by atoms with Crippen molar-refractivity contribution >= 4 is 55.1 Å². The van der Waals surface area contributed by atoms with Gasteiger partial charge in [0.15, 0.2) is 22.7 Å². The Hall–Kier alpha value is -3.91. The van der Waals surface area contributed by atoms with Crippen LogP contribution in [0, 0.1) is 0 Å². The second-order valence-corrected chi connectivity index (χ2v) is 11.8. The molecule has 4 aromatic carbocycles. The Morgan fingerprint density at radius 2 is 0.830 bits per heavy atom. The largest absolute Gasteiger partial charge is 2.00 e. The van der Waals surface area contributed by atoms with Crippen LogP contribution < -0.4 is 81.0 Å². The van der Waals surface area contributed by atoms with Crippen LogP contribution in [0.25, 0.3) is 66.7 Å². The number of nitrogen functional groups attached to an aromatic ring is 2. The summed E-state index contributed by atoms with van der Waals surface area (Å²) in [5.41, 5.74) is 18.7. The molecule has 2 heterocycles. The van der Waals surface area contributed by atoms with E-state index in [4.69, 9.17) is 30.3 Å². The van der Waals surface area contributed by atoms with E-state index in [1.807, 2.05) is 72.8 Å². The standard InChI is InChI=1S/2C20H19N3O.4ClH.Pt/c2*1-3-23(4-2)13-9-10-17-18(11-13)24-19-12-16(21)14-7-5-6-8-15(14)20(19)22-17;;;;;/h2*5-12,21H,3-4H2,1-2H3;4*1H;/q;;;;;;+2/p-2. The van der Waals surface area contributed by atoms with Gasteiger partial charge in [0.2, 0.25) is 10.7 Å². The number of aromatic nitrogens is 2. The van der Waals surface area contributed by atoms with E-state index in [0.29, 0.717) is 11.4 Å². The number of halogens is 4. The van der Waals surface area contributed by atoms with Gasteiger partial charge in [0.1, 0.15) is 48.6 Å². The van der Waals surface area contributed by atoms with Crippen molar-refractivity contribution in [3.8, 4) is 22.9 Å². The molecule has 0 amide bonds. The van der Waals surface area contributed by atoms with Gasteiger partial charge in [-0.15, -0.1) is 0 Å². The van der Waals surface area contributed by atoms with Gasteiger partial charge in [0.25, 0.3) is 0 Å². The smallest absolute Gasteiger partial charge is 1.00 e. The van der Waals surface area contributed by atoms with E-state index >= 15 is 0 Å². The fraction of sp³-hybridized carbons (Fsp3) is 0.200. The molecular formula is C40H40Cl4N6O2Pt. The van der Waals surface area contributed by atoms with Gasteiger partial charge in [-0.3, -0.25) is 0 Å². The summed E-state index contributed by atoms with van der Waals surface area (Å²) in [6.45, 7) is 12.4. The molecule has 53 heavy (non-hydrogen) atoms. The SMILES string of the molecule is CC[N+](CC)=c1ccc2nc3c(cc(N)c4ccccc43)oc-2c1.CC[N+](CC)=c1ccc2nc3c(cc(N)c4ccccc43)oc-2c1.[Cl-].[Cl-].[Cl-].[Cl-].[Pt+2]. The minimum atomic E-state index is 0. The molecule has 280 valence electrons. The van der Waals surface area contributed by atoms with E-state index in [1.54, 1.807) is 0 Å². The summed E-state index contributed by atoms with van der Waals surface area (Å²) in [5.74, 6) is 1.56. The number of benzene rings is 6. The number of rotatable bonds is 4. The molecule has 4 N–H and O–H groups in total. The van der Waals surface area contributed by atoms with Gasteiger partial charge in [-0.2, -0.15) is 0 Å². The maximum Gasteiger partial charge on any atom is 2.00 e. The fourth-order valence-corrected chi connectivity index (χ4v) is 6.51. The molecule has 0 fully saturated rings. The third kappa shape index (κ3) is 8.74. The van der Waals surface area contributed by atoms with Crippen LogP contribution in [0.15, 0.2) is 106 Å². The molecule has 0 aromatic heterocycles. The summed E-state index contributed by atoms with van der Waals surface area (Å²) in [7, 11) is 0. The molecule has 0 saturated heterocycles. The maximum atomic E-state index is 6.19. The Morgan fingerprint density at radius 1 is 0.491 bits per heavy atom. The molecule has 0 atom stereocenters. The molecule has 4 aromatic rings. The van der Waals surface area contributed by atoms with Crippen molar-refractivity contribution in [1.29, 1.82) is 0 Å². The fourth-order valence-electron chi connectivity index (χ4n) is 6.51. The van der Waals surface area contributed by atoms with Gasteiger partial charge in [-0.05, 0) is 39.8 Å². The number of fused-ring (bicyclic) bond motifs is 8. The molecule has 2 aliphatic heterocycles. The van der Waals surface area contributed by atoms with Crippen molar-refractivity contribution in [3.63, 3.8) is 0 Å². The zero-order chi connectivity index (χ0) is 33.4. The Labute approximate surface area is 347 Å². The molecule has 4 aliphatic rings. The van der Waals surface area contributed by atoms with Crippen molar-refractivity contribution in [2.75, 3.05) is 37.6 Å². The summed E-state index contributed by atoms with van der Waals surface area (Å²) >= 11 is 0. The third-order valence-electron chi connectivity index (χ3n) is 9.07. The molecule has 0 bridgehead atoms. The molecular weight excluding hydrogens is 933 g/mol. The van der Waals surface area contributed by atoms with Gasteiger partial charge < -0.3 is 69.9 Å². The normalized spacial score (nSPS) is 10.3. The topological polar surface area (TPSA) is 110 Å². The number of nitrogens with two attached hydrogens (primary N) is 2. The first-order chi connectivity index (χ1) is 23.4.